The maximum atomic E-state index is 13.5. The number of nitrogens with zero attached hydrogens (tertiary/aromatic N) is 4. The summed E-state index contributed by atoms with van der Waals surface area (Å²) in [7, 11) is 7.19. The Morgan fingerprint density at radius 2 is 1.78 bits per heavy atom. The number of aryl methyl sites for hydroxylation is 1. The third kappa shape index (κ3) is 6.71. The fourth-order valence-corrected chi connectivity index (χ4v) is 7.69. The first-order valence-corrected chi connectivity index (χ1v) is 17.2. The number of ether oxygens (including phenoxy) is 2. The molecule has 49 heavy (non-hydrogen) atoms. The summed E-state index contributed by atoms with van der Waals surface area (Å²) in [5.41, 5.74) is 15.5. The molecule has 5 aromatic rings. The van der Waals surface area contributed by atoms with Crippen LogP contribution in [0.5, 0.6) is 11.5 Å². The van der Waals surface area contributed by atoms with Crippen LogP contribution in [-0.2, 0) is 31.4 Å². The summed E-state index contributed by atoms with van der Waals surface area (Å²) in [4.78, 5) is 34.6. The summed E-state index contributed by atoms with van der Waals surface area (Å²) in [6.07, 6.45) is 4.32. The van der Waals surface area contributed by atoms with Crippen LogP contribution in [0.25, 0.3) is 27.4 Å². The molecule has 6 rings (SSSR count). The molecular weight excluding hydrogens is 635 g/mol. The van der Waals surface area contributed by atoms with Crippen molar-refractivity contribution in [1.29, 1.82) is 0 Å². The van der Waals surface area contributed by atoms with Crippen molar-refractivity contribution in [2.45, 2.75) is 46.3 Å². The number of carbonyl (C=O) groups excluding carboxylic acids is 1. The molecule has 0 radical (unpaired) electrons. The largest absolute Gasteiger partial charge is 0.496 e. The van der Waals surface area contributed by atoms with Crippen LogP contribution in [-0.4, -0.2) is 53.1 Å². The van der Waals surface area contributed by atoms with Gasteiger partial charge >= 0.3 is 0 Å². The zero-order valence-corrected chi connectivity index (χ0v) is 30.0. The van der Waals surface area contributed by atoms with Crippen LogP contribution < -0.4 is 20.8 Å². The average molecular weight is 678 g/mol. The molecule has 3 aromatic carbocycles. The summed E-state index contributed by atoms with van der Waals surface area (Å²) in [5.74, 6) is 1.29. The summed E-state index contributed by atoms with van der Waals surface area (Å²) >= 11 is 1.52. The Kier molecular flexibility index (Phi) is 9.63. The molecule has 1 aliphatic rings. The van der Waals surface area contributed by atoms with Gasteiger partial charge in [-0.1, -0.05) is 30.3 Å². The van der Waals surface area contributed by atoms with E-state index in [1.165, 1.54) is 22.5 Å². The number of thiazole rings is 1. The van der Waals surface area contributed by atoms with Crippen LogP contribution in [0.15, 0.2) is 71.3 Å². The Labute approximate surface area is 291 Å². The van der Waals surface area contributed by atoms with Gasteiger partial charge in [-0.05, 0) is 86.3 Å². The average Bonchev–Trinajstić information content (AvgIpc) is 3.51. The predicted molar refractivity (Wildman–Crippen MR) is 197 cm³/mol. The Balaban J connectivity index is 1.17. The normalized spacial score (nSPS) is 14.7. The Hall–Kier alpha value is -4.93. The van der Waals surface area contributed by atoms with Crippen molar-refractivity contribution in [3.05, 3.63) is 115 Å². The molecule has 0 saturated carbocycles. The van der Waals surface area contributed by atoms with Gasteiger partial charge in [-0.2, -0.15) is 0 Å². The monoisotopic (exact) mass is 677 g/mol. The van der Waals surface area contributed by atoms with E-state index in [-0.39, 0.29) is 23.2 Å². The molecule has 9 nitrogen and oxygen atoms in total. The highest BCUT2D eigenvalue weighted by atomic mass is 32.1. The zero-order valence-electron chi connectivity index (χ0n) is 29.2. The lowest BCUT2D eigenvalue weighted by Gasteiger charge is -2.35. The van der Waals surface area contributed by atoms with Crippen molar-refractivity contribution in [3.63, 3.8) is 0 Å². The number of hydrogen-bond donors (Lipinski definition) is 1. The van der Waals surface area contributed by atoms with Gasteiger partial charge in [0.25, 0.3) is 11.5 Å². The van der Waals surface area contributed by atoms with E-state index in [4.69, 9.17) is 15.2 Å². The molecule has 10 heteroatoms. The third-order valence-corrected chi connectivity index (χ3v) is 10.6. The van der Waals surface area contributed by atoms with Crippen molar-refractivity contribution in [2.75, 3.05) is 27.8 Å². The molecule has 2 aromatic heterocycles. The van der Waals surface area contributed by atoms with Crippen LogP contribution in [0, 0.1) is 13.8 Å². The van der Waals surface area contributed by atoms with Crippen LogP contribution in [0.1, 0.15) is 51.4 Å². The highest BCUT2D eigenvalue weighted by molar-refractivity contribution is 7.19. The second kappa shape index (κ2) is 13.9. The minimum atomic E-state index is -0.170. The quantitative estimate of drug-likeness (QED) is 0.181. The molecule has 0 saturated heterocycles. The Morgan fingerprint density at radius 3 is 2.47 bits per heavy atom. The van der Waals surface area contributed by atoms with Crippen molar-refractivity contribution in [1.82, 2.24) is 19.4 Å². The van der Waals surface area contributed by atoms with Crippen molar-refractivity contribution < 1.29 is 14.3 Å². The molecular formula is C39H43N5O4S. The fourth-order valence-electron chi connectivity index (χ4n) is 6.77. The smallest absolute Gasteiger partial charge is 0.270 e. The van der Waals surface area contributed by atoms with Crippen LogP contribution in [0.4, 0.5) is 0 Å². The Morgan fingerprint density at radius 1 is 1.06 bits per heavy atom. The van der Waals surface area contributed by atoms with E-state index in [0.717, 1.165) is 73.1 Å². The lowest BCUT2D eigenvalue weighted by molar-refractivity contribution is -0.129. The summed E-state index contributed by atoms with van der Waals surface area (Å²) < 4.78 is 14.4. The maximum Gasteiger partial charge on any atom is 0.270 e. The first-order chi connectivity index (χ1) is 23.5. The van der Waals surface area contributed by atoms with Crippen LogP contribution >= 0.6 is 11.3 Å². The van der Waals surface area contributed by atoms with Gasteiger partial charge in [0.15, 0.2) is 0 Å². The topological polar surface area (TPSA) is 103 Å². The second-order valence-electron chi connectivity index (χ2n) is 12.8. The second-order valence-corrected chi connectivity index (χ2v) is 13.9. The molecule has 0 spiro atoms. The SMILES string of the molecule is COc1cc(-c2cn(C)c(=O)c(C)c2C)cc(OC)c1CN(C)Cc1ccc2c(c1)CCN(C(=O)/C(N)=C/c1nc3ccccc3s1)C2C. The highest BCUT2D eigenvalue weighted by Crippen LogP contribution is 2.38. The number of benzene rings is 3. The fraction of sp³-hybridized carbons (Fsp3) is 0.308. The van der Waals surface area contributed by atoms with Gasteiger partial charge < -0.3 is 24.7 Å². The van der Waals surface area contributed by atoms with Gasteiger partial charge in [0.2, 0.25) is 0 Å². The van der Waals surface area contributed by atoms with Crippen molar-refractivity contribution in [3.8, 4) is 22.6 Å². The standard InChI is InChI=1S/C39H43N5O4S/c1-23-24(2)38(45)43(5)22-30(23)28-17-34(47-6)31(35(18-28)48-7)21-42(4)20-26-12-13-29-25(3)44(15-14-27(29)16-26)39(46)32(40)19-37-41-33-10-8-9-11-36(33)49-37/h8-13,16-19,22,25H,14-15,20-21,40H2,1-7H3/b32-19-. The van der Waals surface area contributed by atoms with E-state index in [9.17, 15) is 9.59 Å². The number of amides is 1. The van der Waals surface area contributed by atoms with Crippen LogP contribution in [0.3, 0.4) is 0 Å². The van der Waals surface area contributed by atoms with Gasteiger partial charge in [-0.3, -0.25) is 14.5 Å². The van der Waals surface area contributed by atoms with Gasteiger partial charge in [-0.15, -0.1) is 11.3 Å². The first kappa shape index (κ1) is 34.0. The lowest BCUT2D eigenvalue weighted by atomic mass is 9.91. The van der Waals surface area contributed by atoms with E-state index < -0.39 is 0 Å². The molecule has 1 atom stereocenters. The van der Waals surface area contributed by atoms with Gasteiger partial charge in [-0.25, -0.2) is 4.98 Å². The van der Waals surface area contributed by atoms with Gasteiger partial charge in [0, 0.05) is 50.1 Å². The molecule has 1 aliphatic heterocycles. The maximum absolute atomic E-state index is 13.5. The Bertz CT molecular complexity index is 2090. The number of nitrogens with two attached hydrogens (primary N) is 1. The molecule has 0 fully saturated rings. The molecule has 0 aliphatic carbocycles. The molecule has 0 bridgehead atoms. The van der Waals surface area contributed by atoms with E-state index in [1.807, 2.05) is 61.3 Å². The van der Waals surface area contributed by atoms with Crippen molar-refractivity contribution >= 4 is 33.5 Å². The highest BCUT2D eigenvalue weighted by Gasteiger charge is 2.29. The van der Waals surface area contributed by atoms with Crippen LogP contribution in [0.2, 0.25) is 0 Å². The van der Waals surface area contributed by atoms with E-state index in [1.54, 1.807) is 31.9 Å². The predicted octanol–water partition coefficient (Wildman–Crippen LogP) is 6.37. The van der Waals surface area contributed by atoms with E-state index in [2.05, 4.69) is 42.1 Å². The van der Waals surface area contributed by atoms with Gasteiger partial charge in [0.05, 0.1) is 36.0 Å². The number of fused-ring (bicyclic) bond motifs is 2. The summed E-state index contributed by atoms with van der Waals surface area (Å²) in [6, 6.07) is 18.4. The number of pyridine rings is 1. The number of carbonyl (C=O) groups is 1. The lowest BCUT2D eigenvalue weighted by Crippen LogP contribution is -2.41. The third-order valence-electron chi connectivity index (χ3n) is 9.57. The van der Waals surface area contributed by atoms with E-state index >= 15 is 0 Å². The minimum Gasteiger partial charge on any atom is -0.496 e. The molecule has 1 unspecified atom stereocenters. The molecule has 1 amide bonds. The number of methoxy groups -OCH3 is 2. The molecule has 2 N–H and O–H groups in total. The molecule has 254 valence electrons. The minimum absolute atomic E-state index is 0.000660. The summed E-state index contributed by atoms with van der Waals surface area (Å²) in [5, 5.41) is 0.728. The number of para-hydroxylation sites is 1. The first-order valence-electron chi connectivity index (χ1n) is 16.3. The number of hydrogen-bond acceptors (Lipinski definition) is 8. The number of aromatic nitrogens is 2. The van der Waals surface area contributed by atoms with Crippen molar-refractivity contribution in [2.24, 2.45) is 12.8 Å². The van der Waals surface area contributed by atoms with Gasteiger partial charge in [0.1, 0.15) is 22.2 Å². The van der Waals surface area contributed by atoms with E-state index in [0.29, 0.717) is 13.1 Å². The zero-order chi connectivity index (χ0) is 35.0. The number of rotatable bonds is 9. The summed E-state index contributed by atoms with van der Waals surface area (Å²) in [6.45, 7) is 7.81. The molecule has 3 heterocycles.